The molecule has 0 aromatic rings. The Kier molecular flexibility index (Phi) is 2.66. The van der Waals surface area contributed by atoms with Crippen LogP contribution in [0.1, 0.15) is 38.5 Å². The maximum absolute atomic E-state index is 11.9. The third kappa shape index (κ3) is 1.97. The van der Waals surface area contributed by atoms with Crippen LogP contribution in [-0.4, -0.2) is 18.5 Å². The van der Waals surface area contributed by atoms with E-state index in [1.807, 2.05) is 0 Å². The molecule has 3 aliphatic carbocycles. The summed E-state index contributed by atoms with van der Waals surface area (Å²) in [7, 11) is 0. The molecule has 3 nitrogen and oxygen atoms in total. The van der Waals surface area contributed by atoms with Gasteiger partial charge in [0.05, 0.1) is 0 Å². The van der Waals surface area contributed by atoms with Gasteiger partial charge in [0.25, 0.3) is 0 Å². The van der Waals surface area contributed by atoms with Crippen molar-refractivity contribution in [2.24, 2.45) is 29.4 Å². The van der Waals surface area contributed by atoms with Gasteiger partial charge in [-0.25, -0.2) is 0 Å². The smallest absolute Gasteiger partial charge is 0.223 e. The number of nitrogens with two attached hydrogens (primary N) is 1. The van der Waals surface area contributed by atoms with Gasteiger partial charge in [0.1, 0.15) is 0 Å². The van der Waals surface area contributed by atoms with Crippen molar-refractivity contribution in [2.75, 3.05) is 6.54 Å². The molecule has 3 heteroatoms. The monoisotopic (exact) mass is 222 g/mol. The van der Waals surface area contributed by atoms with Gasteiger partial charge in [-0.1, -0.05) is 6.42 Å². The molecule has 3 rings (SSSR count). The number of carbonyl (C=O) groups excluding carboxylic acids is 1. The molecule has 3 N–H and O–H groups in total. The maximum Gasteiger partial charge on any atom is 0.223 e. The van der Waals surface area contributed by atoms with Crippen LogP contribution < -0.4 is 11.1 Å². The van der Waals surface area contributed by atoms with E-state index in [1.165, 1.54) is 19.3 Å². The highest BCUT2D eigenvalue weighted by atomic mass is 16.1. The predicted octanol–water partition coefficient (Wildman–Crippen LogP) is 1.28. The van der Waals surface area contributed by atoms with Gasteiger partial charge in [0.2, 0.25) is 5.91 Å². The molecule has 0 aromatic carbocycles. The largest absolute Gasteiger partial charge is 0.356 e. The van der Waals surface area contributed by atoms with Gasteiger partial charge in [-0.15, -0.1) is 0 Å². The fraction of sp³-hybridized carbons (Fsp3) is 0.923. The Bertz CT molecular complexity index is 282. The van der Waals surface area contributed by atoms with Crippen LogP contribution in [0.15, 0.2) is 0 Å². The molecule has 90 valence electrons. The molecule has 0 aliphatic heterocycles. The zero-order valence-corrected chi connectivity index (χ0v) is 9.82. The Morgan fingerprint density at radius 3 is 2.56 bits per heavy atom. The summed E-state index contributed by atoms with van der Waals surface area (Å²) >= 11 is 0. The Labute approximate surface area is 97.2 Å². The van der Waals surface area contributed by atoms with Crippen molar-refractivity contribution in [2.45, 2.75) is 44.6 Å². The highest BCUT2D eigenvalue weighted by Crippen LogP contribution is 2.54. The molecule has 3 saturated carbocycles. The summed E-state index contributed by atoms with van der Waals surface area (Å²) in [5, 5.41) is 3.12. The van der Waals surface area contributed by atoms with Gasteiger partial charge in [0.15, 0.2) is 0 Å². The first kappa shape index (κ1) is 10.6. The molecular weight excluding hydrogens is 200 g/mol. The first-order chi connectivity index (χ1) is 7.74. The van der Waals surface area contributed by atoms with Crippen molar-refractivity contribution < 1.29 is 4.79 Å². The molecule has 4 atom stereocenters. The summed E-state index contributed by atoms with van der Waals surface area (Å²) < 4.78 is 0. The lowest BCUT2D eigenvalue weighted by Gasteiger charge is -2.18. The molecule has 0 heterocycles. The second-order valence-electron chi connectivity index (χ2n) is 6.02. The third-order valence-corrected chi connectivity index (χ3v) is 4.87. The van der Waals surface area contributed by atoms with Crippen LogP contribution in [0.4, 0.5) is 0 Å². The minimum Gasteiger partial charge on any atom is -0.356 e. The average Bonchev–Trinajstić information content (AvgIpc) is 2.71. The summed E-state index contributed by atoms with van der Waals surface area (Å²) in [6.45, 7) is 0.811. The van der Waals surface area contributed by atoms with Crippen molar-refractivity contribution in [3.8, 4) is 0 Å². The van der Waals surface area contributed by atoms with Gasteiger partial charge >= 0.3 is 0 Å². The summed E-state index contributed by atoms with van der Waals surface area (Å²) in [6, 6.07) is 0.317. The van der Waals surface area contributed by atoms with Gasteiger partial charge in [-0.05, 0) is 49.9 Å². The molecule has 3 aliphatic rings. The molecule has 0 aromatic heterocycles. The lowest BCUT2D eigenvalue weighted by molar-refractivity contribution is -0.125. The van der Waals surface area contributed by atoms with Crippen LogP contribution in [0.5, 0.6) is 0 Å². The predicted molar refractivity (Wildman–Crippen MR) is 62.6 cm³/mol. The van der Waals surface area contributed by atoms with Crippen molar-refractivity contribution in [1.82, 2.24) is 5.32 Å². The standard InChI is InChI=1S/C13H22N2O/c14-12-3-1-2-8(12)7-15-13(16)11-5-9-4-10(9)6-11/h8-12H,1-7,14H2,(H,15,16). The number of nitrogens with one attached hydrogen (secondary N) is 1. The molecule has 0 spiro atoms. The molecule has 16 heavy (non-hydrogen) atoms. The number of amides is 1. The van der Waals surface area contributed by atoms with E-state index in [4.69, 9.17) is 5.73 Å². The van der Waals surface area contributed by atoms with E-state index in [0.29, 0.717) is 23.8 Å². The first-order valence-electron chi connectivity index (χ1n) is 6.77. The molecule has 0 bridgehead atoms. The quantitative estimate of drug-likeness (QED) is 0.755. The highest BCUT2D eigenvalue weighted by molar-refractivity contribution is 5.79. The van der Waals surface area contributed by atoms with E-state index in [2.05, 4.69) is 5.32 Å². The number of rotatable bonds is 3. The lowest BCUT2D eigenvalue weighted by Crippen LogP contribution is -2.38. The van der Waals surface area contributed by atoms with Crippen molar-refractivity contribution in [3.63, 3.8) is 0 Å². The topological polar surface area (TPSA) is 55.1 Å². The van der Waals surface area contributed by atoms with E-state index in [-0.39, 0.29) is 0 Å². The molecule has 1 amide bonds. The minimum absolute atomic E-state index is 0.298. The minimum atomic E-state index is 0.298. The van der Waals surface area contributed by atoms with Crippen LogP contribution >= 0.6 is 0 Å². The number of fused-ring (bicyclic) bond motifs is 1. The zero-order valence-electron chi connectivity index (χ0n) is 9.82. The van der Waals surface area contributed by atoms with E-state index in [0.717, 1.165) is 37.6 Å². The van der Waals surface area contributed by atoms with E-state index in [9.17, 15) is 4.79 Å². The van der Waals surface area contributed by atoms with Crippen LogP contribution in [0, 0.1) is 23.7 Å². The van der Waals surface area contributed by atoms with Crippen LogP contribution in [0.25, 0.3) is 0 Å². The Balaban J connectivity index is 1.42. The van der Waals surface area contributed by atoms with Gasteiger partial charge in [-0.3, -0.25) is 4.79 Å². The fourth-order valence-corrected chi connectivity index (χ4v) is 3.62. The van der Waals surface area contributed by atoms with E-state index >= 15 is 0 Å². The summed E-state index contributed by atoms with van der Waals surface area (Å²) in [6.07, 6.45) is 7.23. The average molecular weight is 222 g/mol. The first-order valence-corrected chi connectivity index (χ1v) is 6.77. The Morgan fingerprint density at radius 2 is 1.94 bits per heavy atom. The third-order valence-electron chi connectivity index (χ3n) is 4.87. The highest BCUT2D eigenvalue weighted by Gasteiger charge is 2.47. The van der Waals surface area contributed by atoms with E-state index in [1.54, 1.807) is 0 Å². The van der Waals surface area contributed by atoms with Crippen LogP contribution in [-0.2, 0) is 4.79 Å². The SMILES string of the molecule is NC1CCCC1CNC(=O)C1CC2CC2C1. The molecular formula is C13H22N2O. The second kappa shape index (κ2) is 4.02. The molecule has 0 saturated heterocycles. The molecule has 0 radical (unpaired) electrons. The summed E-state index contributed by atoms with van der Waals surface area (Å²) in [5.74, 6) is 2.93. The normalized spacial score (nSPS) is 45.4. The van der Waals surface area contributed by atoms with Gasteiger partial charge in [0, 0.05) is 18.5 Å². The Hall–Kier alpha value is -0.570. The van der Waals surface area contributed by atoms with Crippen molar-refractivity contribution >= 4 is 5.91 Å². The van der Waals surface area contributed by atoms with Gasteiger partial charge < -0.3 is 11.1 Å². The van der Waals surface area contributed by atoms with Gasteiger partial charge in [-0.2, -0.15) is 0 Å². The lowest BCUT2D eigenvalue weighted by atomic mass is 10.0. The number of hydrogen-bond donors (Lipinski definition) is 2. The maximum atomic E-state index is 11.9. The van der Waals surface area contributed by atoms with E-state index < -0.39 is 0 Å². The Morgan fingerprint density at radius 1 is 1.19 bits per heavy atom. The van der Waals surface area contributed by atoms with Crippen LogP contribution in [0.3, 0.4) is 0 Å². The van der Waals surface area contributed by atoms with Crippen molar-refractivity contribution in [1.29, 1.82) is 0 Å². The number of carbonyl (C=O) groups is 1. The number of hydrogen-bond acceptors (Lipinski definition) is 2. The zero-order chi connectivity index (χ0) is 11.1. The van der Waals surface area contributed by atoms with Crippen LogP contribution in [0.2, 0.25) is 0 Å². The summed E-state index contributed by atoms with van der Waals surface area (Å²) in [5.41, 5.74) is 6.00. The summed E-state index contributed by atoms with van der Waals surface area (Å²) in [4.78, 5) is 11.9. The molecule has 3 fully saturated rings. The van der Waals surface area contributed by atoms with Crippen molar-refractivity contribution in [3.05, 3.63) is 0 Å². The second-order valence-corrected chi connectivity index (χ2v) is 6.02. The fourth-order valence-electron chi connectivity index (χ4n) is 3.62. The molecule has 4 unspecified atom stereocenters.